The molecule has 186 valence electrons. The van der Waals surface area contributed by atoms with Gasteiger partial charge in [0.1, 0.15) is 11.7 Å². The summed E-state index contributed by atoms with van der Waals surface area (Å²) in [6.45, 7) is 16.3. The molecular formula is C29H46O4. The van der Waals surface area contributed by atoms with Gasteiger partial charge < -0.3 is 9.47 Å². The molecule has 33 heavy (non-hydrogen) atoms. The van der Waals surface area contributed by atoms with Crippen LogP contribution in [-0.4, -0.2) is 23.6 Å². The highest BCUT2D eigenvalue weighted by molar-refractivity contribution is 5.72. The molecule has 0 N–H and O–H groups in total. The van der Waals surface area contributed by atoms with Crippen molar-refractivity contribution in [2.24, 2.45) is 45.3 Å². The lowest BCUT2D eigenvalue weighted by Crippen LogP contribution is -2.64. The van der Waals surface area contributed by atoms with Gasteiger partial charge in [0.15, 0.2) is 0 Å². The van der Waals surface area contributed by atoms with Gasteiger partial charge in [-0.2, -0.15) is 0 Å². The minimum atomic E-state index is -0.256. The molecule has 0 aromatic carbocycles. The van der Waals surface area contributed by atoms with E-state index < -0.39 is 0 Å². The Balaban J connectivity index is 1.45. The van der Waals surface area contributed by atoms with Crippen molar-refractivity contribution in [2.75, 3.05) is 0 Å². The molecule has 5 rings (SSSR count). The fourth-order valence-electron chi connectivity index (χ4n) is 10.8. The Bertz CT molecular complexity index is 849. The third kappa shape index (κ3) is 3.07. The summed E-state index contributed by atoms with van der Waals surface area (Å²) in [4.78, 5) is 23.9. The van der Waals surface area contributed by atoms with E-state index in [4.69, 9.17) is 9.47 Å². The Kier molecular flexibility index (Phi) is 5.19. The van der Waals surface area contributed by atoms with Crippen molar-refractivity contribution in [3.63, 3.8) is 0 Å². The second-order valence-electron chi connectivity index (χ2n) is 14.1. The highest BCUT2D eigenvalue weighted by Crippen LogP contribution is 2.76. The summed E-state index contributed by atoms with van der Waals surface area (Å²) < 4.78 is 11.9. The van der Waals surface area contributed by atoms with Gasteiger partial charge in [-0.15, -0.1) is 0 Å². The molecule has 4 nitrogen and oxygen atoms in total. The summed E-state index contributed by atoms with van der Waals surface area (Å²) in [7, 11) is 0. The van der Waals surface area contributed by atoms with Gasteiger partial charge in [0, 0.05) is 24.7 Å². The van der Waals surface area contributed by atoms with Crippen LogP contribution in [0.3, 0.4) is 0 Å². The Morgan fingerprint density at radius 1 is 0.818 bits per heavy atom. The van der Waals surface area contributed by atoms with Gasteiger partial charge >= 0.3 is 11.9 Å². The van der Waals surface area contributed by atoms with Crippen LogP contribution in [0.15, 0.2) is 0 Å². The van der Waals surface area contributed by atoms with Crippen molar-refractivity contribution in [2.45, 2.75) is 124 Å². The summed E-state index contributed by atoms with van der Waals surface area (Å²) in [5.41, 5.74) is 0.682. The number of esters is 2. The van der Waals surface area contributed by atoms with Crippen LogP contribution in [0.1, 0.15) is 113 Å². The van der Waals surface area contributed by atoms with Crippen LogP contribution in [0.2, 0.25) is 0 Å². The minimum absolute atomic E-state index is 0.00536. The van der Waals surface area contributed by atoms with E-state index in [0.717, 1.165) is 12.8 Å². The lowest BCUT2D eigenvalue weighted by atomic mass is 9.35. The van der Waals surface area contributed by atoms with Gasteiger partial charge in [-0.25, -0.2) is 0 Å². The summed E-state index contributed by atoms with van der Waals surface area (Å²) in [6, 6.07) is 0. The number of fused-ring (bicyclic) bond motifs is 5. The van der Waals surface area contributed by atoms with E-state index in [0.29, 0.717) is 46.3 Å². The molecule has 1 saturated heterocycles. The van der Waals surface area contributed by atoms with E-state index in [9.17, 15) is 9.59 Å². The maximum Gasteiger partial charge on any atom is 0.306 e. The number of hydrogen-bond acceptors (Lipinski definition) is 4. The van der Waals surface area contributed by atoms with Gasteiger partial charge in [-0.05, 0) is 98.7 Å². The highest BCUT2D eigenvalue weighted by atomic mass is 16.6. The first kappa shape index (κ1) is 23.7. The van der Waals surface area contributed by atoms with Crippen molar-refractivity contribution < 1.29 is 19.1 Å². The van der Waals surface area contributed by atoms with E-state index in [-0.39, 0.29) is 29.1 Å². The Labute approximate surface area is 200 Å². The third-order valence-corrected chi connectivity index (χ3v) is 12.6. The standard InChI is InChI=1S/C29H46O4/c1-18(30)32-23-12-14-26(4)21(25(23,2)3)11-16-28(6)22(26)9-8-19-20(10-15-27(19,28)5)29(7)17-13-24(31)33-29/h19-23H,8-17H2,1-7H3/t19-,20+,21+,22-,23-,26+,27-,28-,29+/m1/s1. The molecule has 0 aromatic heterocycles. The van der Waals surface area contributed by atoms with Gasteiger partial charge in [-0.3, -0.25) is 9.59 Å². The number of hydrogen-bond donors (Lipinski definition) is 0. The molecule has 4 heteroatoms. The molecule has 4 aliphatic carbocycles. The number of rotatable bonds is 2. The topological polar surface area (TPSA) is 52.6 Å². The van der Waals surface area contributed by atoms with Crippen molar-refractivity contribution in [1.82, 2.24) is 0 Å². The highest BCUT2D eigenvalue weighted by Gasteiger charge is 2.70. The van der Waals surface area contributed by atoms with Crippen LogP contribution < -0.4 is 0 Å². The second kappa shape index (κ2) is 7.23. The van der Waals surface area contributed by atoms with Gasteiger partial charge in [0.2, 0.25) is 0 Å². The average Bonchev–Trinajstić information content (AvgIpc) is 3.25. The van der Waals surface area contributed by atoms with Crippen molar-refractivity contribution in [1.29, 1.82) is 0 Å². The molecule has 0 aromatic rings. The van der Waals surface area contributed by atoms with E-state index in [1.54, 1.807) is 6.92 Å². The molecule has 4 saturated carbocycles. The SMILES string of the molecule is CC(=O)O[C@@H]1CC[C@]2(C)[C@H]3CC[C@@H]4[C@@H]([C@]5(C)CCC(=O)O5)CC[C@@]4(C)[C@]3(C)CC[C@H]2C1(C)C. The first-order valence-electron chi connectivity index (χ1n) is 13.7. The molecule has 0 radical (unpaired) electrons. The first-order chi connectivity index (χ1) is 15.3. The normalized spacial score (nSPS) is 52.9. The largest absolute Gasteiger partial charge is 0.462 e. The number of carbonyl (C=O) groups is 2. The van der Waals surface area contributed by atoms with E-state index in [2.05, 4.69) is 41.5 Å². The zero-order valence-corrected chi connectivity index (χ0v) is 22.1. The van der Waals surface area contributed by atoms with Crippen LogP contribution in [-0.2, 0) is 19.1 Å². The van der Waals surface area contributed by atoms with E-state index >= 15 is 0 Å². The number of carbonyl (C=O) groups excluding carboxylic acids is 2. The Morgan fingerprint density at radius 2 is 1.52 bits per heavy atom. The van der Waals surface area contributed by atoms with Crippen LogP contribution in [0, 0.1) is 45.3 Å². The Hall–Kier alpha value is -1.06. The second-order valence-corrected chi connectivity index (χ2v) is 14.1. The summed E-state index contributed by atoms with van der Waals surface area (Å²) in [5, 5.41) is 0. The van der Waals surface area contributed by atoms with Gasteiger partial charge in [-0.1, -0.05) is 34.6 Å². The zero-order valence-electron chi connectivity index (χ0n) is 22.1. The maximum atomic E-state index is 12.0. The van der Waals surface area contributed by atoms with E-state index in [1.807, 2.05) is 0 Å². The maximum absolute atomic E-state index is 12.0. The third-order valence-electron chi connectivity index (χ3n) is 12.6. The lowest BCUT2D eigenvalue weighted by molar-refractivity contribution is -0.229. The van der Waals surface area contributed by atoms with Gasteiger partial charge in [0.05, 0.1) is 0 Å². The first-order valence-corrected chi connectivity index (χ1v) is 13.7. The smallest absolute Gasteiger partial charge is 0.306 e. The van der Waals surface area contributed by atoms with Crippen molar-refractivity contribution >= 4 is 11.9 Å². The van der Waals surface area contributed by atoms with Crippen LogP contribution in [0.5, 0.6) is 0 Å². The summed E-state index contributed by atoms with van der Waals surface area (Å²) in [6.07, 6.45) is 11.2. The molecule has 0 bridgehead atoms. The van der Waals surface area contributed by atoms with Crippen molar-refractivity contribution in [3.05, 3.63) is 0 Å². The van der Waals surface area contributed by atoms with Crippen LogP contribution in [0.25, 0.3) is 0 Å². The fourth-order valence-corrected chi connectivity index (χ4v) is 10.8. The molecule has 1 heterocycles. The van der Waals surface area contributed by atoms with Crippen LogP contribution >= 0.6 is 0 Å². The molecule has 5 aliphatic rings. The van der Waals surface area contributed by atoms with Crippen molar-refractivity contribution in [3.8, 4) is 0 Å². The number of cyclic esters (lactones) is 1. The van der Waals surface area contributed by atoms with Crippen LogP contribution in [0.4, 0.5) is 0 Å². The van der Waals surface area contributed by atoms with Gasteiger partial charge in [0.25, 0.3) is 0 Å². The summed E-state index contributed by atoms with van der Waals surface area (Å²) in [5.74, 6) is 2.33. The summed E-state index contributed by atoms with van der Waals surface area (Å²) >= 11 is 0. The predicted octanol–water partition coefficient (Wildman–Crippen LogP) is 6.70. The molecular weight excluding hydrogens is 412 g/mol. The molecule has 0 spiro atoms. The molecule has 0 unspecified atom stereocenters. The predicted molar refractivity (Wildman–Crippen MR) is 128 cm³/mol. The molecule has 0 amide bonds. The minimum Gasteiger partial charge on any atom is -0.462 e. The Morgan fingerprint density at radius 3 is 2.15 bits per heavy atom. The lowest BCUT2D eigenvalue weighted by Gasteiger charge is -2.70. The zero-order chi connectivity index (χ0) is 24.0. The molecule has 1 aliphatic heterocycles. The molecule has 9 atom stereocenters. The monoisotopic (exact) mass is 458 g/mol. The quantitative estimate of drug-likeness (QED) is 0.432. The molecule has 5 fully saturated rings. The number of ether oxygens (including phenoxy) is 2. The van der Waals surface area contributed by atoms with E-state index in [1.165, 1.54) is 44.9 Å². The average molecular weight is 459 g/mol. The fraction of sp³-hybridized carbons (Fsp3) is 0.931.